The first-order valence-corrected chi connectivity index (χ1v) is 12.3. The fraction of sp³-hybridized carbons (Fsp3) is 0.120. The van der Waals surface area contributed by atoms with Crippen LogP contribution in [0.2, 0.25) is 5.02 Å². The molecule has 33 heavy (non-hydrogen) atoms. The van der Waals surface area contributed by atoms with Crippen LogP contribution in [-0.4, -0.2) is 37.5 Å². The van der Waals surface area contributed by atoms with Crippen LogP contribution >= 0.6 is 11.6 Å². The second-order valence-electron chi connectivity index (χ2n) is 7.51. The highest BCUT2D eigenvalue weighted by Gasteiger charge is 2.26. The lowest BCUT2D eigenvalue weighted by molar-refractivity contribution is 0.0588. The normalized spacial score (nSPS) is 11.4. The van der Waals surface area contributed by atoms with Gasteiger partial charge >= 0.3 is 5.97 Å². The maximum absolute atomic E-state index is 12.9. The van der Waals surface area contributed by atoms with Gasteiger partial charge in [-0.1, -0.05) is 66.2 Å². The topological polar surface area (TPSA) is 78.3 Å². The molecule has 0 aliphatic carbocycles. The smallest absolute Gasteiger partial charge is 0.357 e. The zero-order valence-electron chi connectivity index (χ0n) is 18.0. The number of benzene rings is 3. The molecular weight excluding hydrogens is 460 g/mol. The van der Waals surface area contributed by atoms with Crippen LogP contribution < -0.4 is 0 Å². The van der Waals surface area contributed by atoms with Gasteiger partial charge in [0.1, 0.15) is 5.69 Å². The fourth-order valence-corrected chi connectivity index (χ4v) is 4.35. The molecule has 0 aliphatic rings. The third-order valence-corrected chi connectivity index (χ3v) is 6.58. The van der Waals surface area contributed by atoms with Gasteiger partial charge in [0.2, 0.25) is 0 Å². The standard InChI is InChI=1S/C25H21ClN2O4S/c1-32-25(29)24-22(18-8-12-20(26)13-9-18)23(19-10-14-21(15-11-19)33(2,30)31)27-28(24)16-17-6-4-3-5-7-17/h3-15H,16H2,1-2H3. The van der Waals surface area contributed by atoms with Gasteiger partial charge in [-0.25, -0.2) is 13.2 Å². The zero-order valence-corrected chi connectivity index (χ0v) is 19.6. The first-order chi connectivity index (χ1) is 15.8. The van der Waals surface area contributed by atoms with Crippen LogP contribution in [0.4, 0.5) is 0 Å². The van der Waals surface area contributed by atoms with Crippen molar-refractivity contribution >= 4 is 27.4 Å². The summed E-state index contributed by atoms with van der Waals surface area (Å²) in [6.45, 7) is 0.354. The summed E-state index contributed by atoms with van der Waals surface area (Å²) in [5.41, 5.74) is 3.79. The molecule has 3 aromatic carbocycles. The molecule has 0 fully saturated rings. The minimum atomic E-state index is -3.34. The molecule has 0 saturated carbocycles. The number of ether oxygens (including phenoxy) is 1. The van der Waals surface area contributed by atoms with Crippen molar-refractivity contribution in [3.05, 3.63) is 95.1 Å². The van der Waals surface area contributed by atoms with Crippen LogP contribution in [0.3, 0.4) is 0 Å². The molecule has 8 heteroatoms. The Balaban J connectivity index is 1.96. The van der Waals surface area contributed by atoms with Crippen LogP contribution in [0.5, 0.6) is 0 Å². The number of hydrogen-bond donors (Lipinski definition) is 0. The largest absolute Gasteiger partial charge is 0.464 e. The van der Waals surface area contributed by atoms with Crippen LogP contribution in [0.25, 0.3) is 22.4 Å². The third-order valence-electron chi connectivity index (χ3n) is 5.20. The summed E-state index contributed by atoms with van der Waals surface area (Å²) in [7, 11) is -2.02. The van der Waals surface area contributed by atoms with Gasteiger partial charge in [0, 0.05) is 22.4 Å². The number of carbonyl (C=O) groups excluding carboxylic acids is 1. The van der Waals surface area contributed by atoms with Gasteiger partial charge in [0.05, 0.1) is 18.6 Å². The van der Waals surface area contributed by atoms with E-state index in [9.17, 15) is 13.2 Å². The monoisotopic (exact) mass is 480 g/mol. The summed E-state index contributed by atoms with van der Waals surface area (Å²) < 4.78 is 30.5. The lowest BCUT2D eigenvalue weighted by atomic mass is 9.98. The Kier molecular flexibility index (Phi) is 6.35. The molecule has 6 nitrogen and oxygen atoms in total. The first kappa shape index (κ1) is 22.8. The number of methoxy groups -OCH3 is 1. The summed E-state index contributed by atoms with van der Waals surface area (Å²) in [6, 6.07) is 23.2. The van der Waals surface area contributed by atoms with Crippen molar-refractivity contribution in [2.24, 2.45) is 0 Å². The molecule has 4 rings (SSSR count). The minimum Gasteiger partial charge on any atom is -0.464 e. The van der Waals surface area contributed by atoms with Crippen molar-refractivity contribution in [2.45, 2.75) is 11.4 Å². The predicted molar refractivity (Wildman–Crippen MR) is 128 cm³/mol. The minimum absolute atomic E-state index is 0.205. The quantitative estimate of drug-likeness (QED) is 0.358. The van der Waals surface area contributed by atoms with Gasteiger partial charge in [-0.05, 0) is 35.4 Å². The highest BCUT2D eigenvalue weighted by Crippen LogP contribution is 2.36. The number of hydrogen-bond acceptors (Lipinski definition) is 5. The Morgan fingerprint density at radius 3 is 2.12 bits per heavy atom. The lowest BCUT2D eigenvalue weighted by Gasteiger charge is -2.09. The van der Waals surface area contributed by atoms with E-state index < -0.39 is 15.8 Å². The van der Waals surface area contributed by atoms with Gasteiger partial charge < -0.3 is 4.74 Å². The first-order valence-electron chi connectivity index (χ1n) is 10.1. The summed E-state index contributed by atoms with van der Waals surface area (Å²) in [5, 5.41) is 5.33. The van der Waals surface area contributed by atoms with Gasteiger partial charge in [0.15, 0.2) is 15.5 Å². The molecule has 0 amide bonds. The number of sulfone groups is 1. The molecule has 0 bridgehead atoms. The number of halogens is 1. The molecule has 1 heterocycles. The summed E-state index contributed by atoms with van der Waals surface area (Å²) in [4.78, 5) is 13.1. The van der Waals surface area contributed by atoms with Crippen LogP contribution in [0, 0.1) is 0 Å². The number of esters is 1. The van der Waals surface area contributed by atoms with Crippen molar-refractivity contribution in [3.63, 3.8) is 0 Å². The highest BCUT2D eigenvalue weighted by molar-refractivity contribution is 7.90. The Bertz CT molecular complexity index is 1400. The van der Waals surface area contributed by atoms with Crippen molar-refractivity contribution in [1.29, 1.82) is 0 Å². The van der Waals surface area contributed by atoms with E-state index in [0.29, 0.717) is 34.1 Å². The molecule has 0 radical (unpaired) electrons. The molecule has 0 unspecified atom stereocenters. The van der Waals surface area contributed by atoms with Crippen molar-refractivity contribution in [1.82, 2.24) is 9.78 Å². The Morgan fingerprint density at radius 1 is 0.939 bits per heavy atom. The summed E-state index contributed by atoms with van der Waals surface area (Å²) in [6.07, 6.45) is 1.16. The van der Waals surface area contributed by atoms with Crippen molar-refractivity contribution in [3.8, 4) is 22.4 Å². The molecule has 4 aromatic rings. The Hall–Kier alpha value is -3.42. The van der Waals surface area contributed by atoms with Crippen molar-refractivity contribution < 1.29 is 17.9 Å². The second-order valence-corrected chi connectivity index (χ2v) is 9.96. The summed E-state index contributed by atoms with van der Waals surface area (Å²) >= 11 is 6.09. The lowest BCUT2D eigenvalue weighted by Crippen LogP contribution is -2.13. The van der Waals surface area contributed by atoms with E-state index in [2.05, 4.69) is 0 Å². The fourth-order valence-electron chi connectivity index (χ4n) is 3.59. The van der Waals surface area contributed by atoms with E-state index in [0.717, 1.165) is 17.4 Å². The van der Waals surface area contributed by atoms with Crippen molar-refractivity contribution in [2.75, 3.05) is 13.4 Å². The van der Waals surface area contributed by atoms with Gasteiger partial charge in [0.25, 0.3) is 0 Å². The van der Waals surface area contributed by atoms with E-state index >= 15 is 0 Å². The van der Waals surface area contributed by atoms with Gasteiger partial charge in [-0.15, -0.1) is 0 Å². The number of carbonyl (C=O) groups is 1. The molecular formula is C25H21ClN2O4S. The average molecular weight is 481 g/mol. The Labute approximate surface area is 197 Å². The highest BCUT2D eigenvalue weighted by atomic mass is 35.5. The van der Waals surface area contributed by atoms with Crippen LogP contribution in [0.1, 0.15) is 16.1 Å². The zero-order chi connectivity index (χ0) is 23.6. The maximum atomic E-state index is 12.9. The second kappa shape index (κ2) is 9.21. The third kappa shape index (κ3) is 4.84. The molecule has 0 spiro atoms. The van der Waals surface area contributed by atoms with E-state index in [-0.39, 0.29) is 4.90 Å². The molecule has 1 aromatic heterocycles. The van der Waals surface area contributed by atoms with E-state index in [1.54, 1.807) is 28.9 Å². The maximum Gasteiger partial charge on any atom is 0.357 e. The van der Waals surface area contributed by atoms with E-state index in [4.69, 9.17) is 21.4 Å². The molecule has 0 aliphatic heterocycles. The molecule has 0 N–H and O–H groups in total. The number of rotatable bonds is 6. The van der Waals surface area contributed by atoms with E-state index in [1.807, 2.05) is 42.5 Å². The van der Waals surface area contributed by atoms with E-state index in [1.165, 1.54) is 19.2 Å². The Morgan fingerprint density at radius 2 is 1.55 bits per heavy atom. The van der Waals surface area contributed by atoms with Crippen LogP contribution in [0.15, 0.2) is 83.8 Å². The summed E-state index contributed by atoms with van der Waals surface area (Å²) in [5.74, 6) is -0.526. The average Bonchev–Trinajstić information content (AvgIpc) is 3.18. The number of aromatic nitrogens is 2. The SMILES string of the molecule is COC(=O)c1c(-c2ccc(Cl)cc2)c(-c2ccc(S(C)(=O)=O)cc2)nn1Cc1ccccc1. The number of nitrogens with zero attached hydrogens (tertiary/aromatic N) is 2. The van der Waals surface area contributed by atoms with Gasteiger partial charge in [-0.3, -0.25) is 4.68 Å². The van der Waals surface area contributed by atoms with Gasteiger partial charge in [-0.2, -0.15) is 5.10 Å². The van der Waals surface area contributed by atoms with Crippen LogP contribution in [-0.2, 0) is 21.1 Å². The predicted octanol–water partition coefficient (Wildman–Crippen LogP) is 5.11. The molecule has 168 valence electrons. The molecule has 0 atom stereocenters. The molecule has 0 saturated heterocycles.